The quantitative estimate of drug-likeness (QED) is 0.819. The van der Waals surface area contributed by atoms with E-state index >= 15 is 0 Å². The molecule has 0 aliphatic carbocycles. The van der Waals surface area contributed by atoms with Crippen molar-refractivity contribution in [2.24, 2.45) is 0 Å². The molecule has 0 spiro atoms. The van der Waals surface area contributed by atoms with Gasteiger partial charge in [-0.05, 0) is 50.7 Å². The molecule has 0 amide bonds. The van der Waals surface area contributed by atoms with E-state index in [1.807, 2.05) is 7.05 Å². The molecule has 19 heavy (non-hydrogen) atoms. The molecule has 2 rings (SSSR count). The largest absolute Gasteiger partial charge is 0.399 e. The van der Waals surface area contributed by atoms with Crippen molar-refractivity contribution in [1.82, 2.24) is 9.21 Å². The van der Waals surface area contributed by atoms with Gasteiger partial charge in [0.1, 0.15) is 0 Å². The molecule has 1 aliphatic heterocycles. The topological polar surface area (TPSA) is 66.6 Å². The van der Waals surface area contributed by atoms with E-state index in [9.17, 15) is 8.42 Å². The average molecular weight is 283 g/mol. The van der Waals surface area contributed by atoms with Crippen LogP contribution in [0.15, 0.2) is 23.1 Å². The molecular formula is C13H21N3O2S. The molecule has 1 fully saturated rings. The van der Waals surface area contributed by atoms with Gasteiger partial charge in [0.15, 0.2) is 0 Å². The zero-order chi connectivity index (χ0) is 14.0. The van der Waals surface area contributed by atoms with Gasteiger partial charge in [-0.15, -0.1) is 0 Å². The summed E-state index contributed by atoms with van der Waals surface area (Å²) in [7, 11) is -1.39. The Bertz CT molecular complexity index is 557. The molecule has 0 atom stereocenters. The molecule has 1 aliphatic rings. The highest BCUT2D eigenvalue weighted by molar-refractivity contribution is 7.89. The Morgan fingerprint density at radius 1 is 1.16 bits per heavy atom. The van der Waals surface area contributed by atoms with Gasteiger partial charge in [0.05, 0.1) is 4.90 Å². The fourth-order valence-electron chi connectivity index (χ4n) is 2.36. The fraction of sp³-hybridized carbons (Fsp3) is 0.538. The minimum absolute atomic E-state index is 0.367. The fourth-order valence-corrected chi connectivity index (χ4v) is 4.04. The number of sulfonamides is 1. The summed E-state index contributed by atoms with van der Waals surface area (Å²) in [5, 5.41) is 0. The highest BCUT2D eigenvalue weighted by Gasteiger charge is 2.27. The number of nitrogens with zero attached hydrogens (tertiary/aromatic N) is 2. The number of rotatable bonds is 2. The van der Waals surface area contributed by atoms with Gasteiger partial charge >= 0.3 is 0 Å². The lowest BCUT2D eigenvalue weighted by atomic mass is 10.2. The SMILES string of the molecule is Cc1cc(N)ccc1S(=O)(=O)N1CCCN(C)CC1. The smallest absolute Gasteiger partial charge is 0.243 e. The second-order valence-electron chi connectivity index (χ2n) is 5.09. The van der Waals surface area contributed by atoms with Gasteiger partial charge in [-0.25, -0.2) is 8.42 Å². The van der Waals surface area contributed by atoms with Gasteiger partial charge in [-0.2, -0.15) is 4.31 Å². The lowest BCUT2D eigenvalue weighted by Crippen LogP contribution is -2.34. The van der Waals surface area contributed by atoms with Crippen LogP contribution >= 0.6 is 0 Å². The Hall–Kier alpha value is -1.11. The molecular weight excluding hydrogens is 262 g/mol. The first-order valence-corrected chi connectivity index (χ1v) is 7.90. The molecule has 106 valence electrons. The summed E-state index contributed by atoms with van der Waals surface area (Å²) in [6, 6.07) is 4.95. The summed E-state index contributed by atoms with van der Waals surface area (Å²) in [4.78, 5) is 2.52. The summed E-state index contributed by atoms with van der Waals surface area (Å²) in [6.07, 6.45) is 0.865. The van der Waals surface area contributed by atoms with E-state index in [0.717, 1.165) is 19.5 Å². The number of hydrogen-bond donors (Lipinski definition) is 1. The summed E-state index contributed by atoms with van der Waals surface area (Å²) < 4.78 is 26.9. The third-order valence-corrected chi connectivity index (χ3v) is 5.55. The van der Waals surface area contributed by atoms with Gasteiger partial charge < -0.3 is 10.6 Å². The maximum absolute atomic E-state index is 12.6. The molecule has 1 aromatic rings. The van der Waals surface area contributed by atoms with E-state index in [-0.39, 0.29) is 0 Å². The maximum atomic E-state index is 12.6. The second-order valence-corrected chi connectivity index (χ2v) is 6.99. The van der Waals surface area contributed by atoms with E-state index in [0.29, 0.717) is 29.2 Å². The molecule has 5 nitrogen and oxygen atoms in total. The standard InChI is InChI=1S/C13H21N3O2S/c1-11-10-12(14)4-5-13(11)19(17,18)16-7-3-6-15(2)8-9-16/h4-5,10H,3,6-9,14H2,1-2H3. The third kappa shape index (κ3) is 3.08. The van der Waals surface area contributed by atoms with Gasteiger partial charge in [0.2, 0.25) is 10.0 Å². The van der Waals surface area contributed by atoms with Crippen LogP contribution in [0.4, 0.5) is 5.69 Å². The van der Waals surface area contributed by atoms with Crippen LogP contribution in [0.2, 0.25) is 0 Å². The van der Waals surface area contributed by atoms with Crippen LogP contribution in [0, 0.1) is 6.92 Å². The van der Waals surface area contributed by atoms with E-state index in [1.165, 1.54) is 0 Å². The van der Waals surface area contributed by atoms with E-state index in [1.54, 1.807) is 29.4 Å². The second kappa shape index (κ2) is 5.48. The molecule has 1 heterocycles. The van der Waals surface area contributed by atoms with Gasteiger partial charge in [0.25, 0.3) is 0 Å². The lowest BCUT2D eigenvalue weighted by Gasteiger charge is -2.21. The molecule has 0 bridgehead atoms. The predicted molar refractivity (Wildman–Crippen MR) is 76.5 cm³/mol. The van der Waals surface area contributed by atoms with Crippen molar-refractivity contribution in [1.29, 1.82) is 0 Å². The van der Waals surface area contributed by atoms with Gasteiger partial charge in [0, 0.05) is 25.3 Å². The zero-order valence-electron chi connectivity index (χ0n) is 11.5. The Kier molecular flexibility index (Phi) is 4.13. The minimum atomic E-state index is -3.41. The molecule has 0 unspecified atom stereocenters. The summed E-state index contributed by atoms with van der Waals surface area (Å²) in [5.41, 5.74) is 6.97. The number of anilines is 1. The first-order valence-electron chi connectivity index (χ1n) is 6.46. The van der Waals surface area contributed by atoms with Gasteiger partial charge in [-0.3, -0.25) is 0 Å². The number of likely N-dealkylation sites (N-methyl/N-ethyl adjacent to an activating group) is 1. The average Bonchev–Trinajstić information content (AvgIpc) is 2.53. The van der Waals surface area contributed by atoms with E-state index in [4.69, 9.17) is 5.73 Å². The van der Waals surface area contributed by atoms with Crippen molar-refractivity contribution in [3.05, 3.63) is 23.8 Å². The van der Waals surface area contributed by atoms with E-state index in [2.05, 4.69) is 4.90 Å². The van der Waals surface area contributed by atoms with Crippen molar-refractivity contribution in [2.45, 2.75) is 18.2 Å². The molecule has 2 N–H and O–H groups in total. The highest BCUT2D eigenvalue weighted by Crippen LogP contribution is 2.22. The van der Waals surface area contributed by atoms with Crippen LogP contribution < -0.4 is 5.73 Å². The predicted octanol–water partition coefficient (Wildman–Crippen LogP) is 0.903. The van der Waals surface area contributed by atoms with Crippen LogP contribution in [0.5, 0.6) is 0 Å². The lowest BCUT2D eigenvalue weighted by molar-refractivity contribution is 0.347. The Balaban J connectivity index is 2.31. The number of aryl methyl sites for hydroxylation is 1. The molecule has 1 aromatic carbocycles. The van der Waals surface area contributed by atoms with Crippen molar-refractivity contribution in [3.8, 4) is 0 Å². The van der Waals surface area contributed by atoms with Gasteiger partial charge in [-0.1, -0.05) is 0 Å². The van der Waals surface area contributed by atoms with E-state index < -0.39 is 10.0 Å². The van der Waals surface area contributed by atoms with Crippen molar-refractivity contribution in [2.75, 3.05) is 39.0 Å². The molecule has 0 radical (unpaired) electrons. The number of nitrogen functional groups attached to an aromatic ring is 1. The minimum Gasteiger partial charge on any atom is -0.399 e. The third-order valence-electron chi connectivity index (χ3n) is 3.50. The zero-order valence-corrected chi connectivity index (χ0v) is 12.3. The normalized spacial score (nSPS) is 19.3. The number of benzene rings is 1. The van der Waals surface area contributed by atoms with Crippen molar-refractivity contribution >= 4 is 15.7 Å². The molecule has 0 aromatic heterocycles. The molecule has 1 saturated heterocycles. The van der Waals surface area contributed by atoms with Crippen LogP contribution in [0.1, 0.15) is 12.0 Å². The summed E-state index contributed by atoms with van der Waals surface area (Å²) >= 11 is 0. The Morgan fingerprint density at radius 3 is 2.58 bits per heavy atom. The summed E-state index contributed by atoms with van der Waals surface area (Å²) in [6.45, 7) is 4.62. The molecule has 0 saturated carbocycles. The summed E-state index contributed by atoms with van der Waals surface area (Å²) in [5.74, 6) is 0. The van der Waals surface area contributed by atoms with Crippen LogP contribution in [0.25, 0.3) is 0 Å². The monoisotopic (exact) mass is 283 g/mol. The van der Waals surface area contributed by atoms with Crippen molar-refractivity contribution < 1.29 is 8.42 Å². The Labute approximate surface area is 115 Å². The first kappa shape index (κ1) is 14.3. The van der Waals surface area contributed by atoms with Crippen LogP contribution in [0.3, 0.4) is 0 Å². The number of nitrogens with two attached hydrogens (primary N) is 1. The van der Waals surface area contributed by atoms with Crippen LogP contribution in [-0.2, 0) is 10.0 Å². The van der Waals surface area contributed by atoms with Crippen LogP contribution in [-0.4, -0.2) is 50.8 Å². The maximum Gasteiger partial charge on any atom is 0.243 e. The number of hydrogen-bond acceptors (Lipinski definition) is 4. The first-order chi connectivity index (χ1) is 8.91. The highest BCUT2D eigenvalue weighted by atomic mass is 32.2. The Morgan fingerprint density at radius 2 is 1.89 bits per heavy atom. The van der Waals surface area contributed by atoms with Crippen molar-refractivity contribution in [3.63, 3.8) is 0 Å². The molecule has 6 heteroatoms.